The molecule has 1 amide bonds. The van der Waals surface area contributed by atoms with Crippen LogP contribution in [0.4, 0.5) is 4.79 Å². The van der Waals surface area contributed by atoms with Crippen LogP contribution in [0, 0.1) is 0 Å². The number of nitrogens with zero attached hydrogens (tertiary/aromatic N) is 1. The van der Waals surface area contributed by atoms with Gasteiger partial charge in [0.2, 0.25) is 0 Å². The van der Waals surface area contributed by atoms with Crippen molar-refractivity contribution in [3.8, 4) is 5.75 Å². The van der Waals surface area contributed by atoms with Crippen LogP contribution in [0.25, 0.3) is 0 Å². The number of benzene rings is 1. The summed E-state index contributed by atoms with van der Waals surface area (Å²) in [6.07, 6.45) is -0.310. The van der Waals surface area contributed by atoms with Gasteiger partial charge in [0.15, 0.2) is 0 Å². The monoisotopic (exact) mass is 292 g/mol. The number of amides is 1. The third-order valence-corrected chi connectivity index (χ3v) is 3.56. The minimum absolute atomic E-state index is 0.0636. The molecule has 0 aliphatic carbocycles. The van der Waals surface area contributed by atoms with Gasteiger partial charge in [0.25, 0.3) is 0 Å². The van der Waals surface area contributed by atoms with Gasteiger partial charge in [-0.1, -0.05) is 18.2 Å². The van der Waals surface area contributed by atoms with Gasteiger partial charge in [-0.3, -0.25) is 0 Å². The molecule has 21 heavy (non-hydrogen) atoms. The van der Waals surface area contributed by atoms with E-state index >= 15 is 0 Å². The van der Waals surface area contributed by atoms with E-state index in [2.05, 4.69) is 0 Å². The Morgan fingerprint density at radius 3 is 2.57 bits per heavy atom. The number of rotatable bonds is 2. The number of hydrogen-bond donors (Lipinski definition) is 1. The molecule has 0 saturated carbocycles. The molecule has 0 bridgehead atoms. The average Bonchev–Trinajstić information content (AvgIpc) is 2.79. The highest BCUT2D eigenvalue weighted by Gasteiger charge is 2.37. The second kappa shape index (κ2) is 5.93. The van der Waals surface area contributed by atoms with Crippen LogP contribution >= 0.6 is 0 Å². The van der Waals surface area contributed by atoms with Crippen molar-refractivity contribution in [3.05, 3.63) is 29.8 Å². The molecule has 1 heterocycles. The molecule has 2 rings (SSSR count). The van der Waals surface area contributed by atoms with Crippen LogP contribution in [0.15, 0.2) is 24.3 Å². The van der Waals surface area contributed by atoms with Crippen molar-refractivity contribution in [2.45, 2.75) is 38.3 Å². The first-order valence-electron chi connectivity index (χ1n) is 7.18. The summed E-state index contributed by atoms with van der Waals surface area (Å²) >= 11 is 0. The summed E-state index contributed by atoms with van der Waals surface area (Å²) in [5.74, 6) is 0.873. The Balaban J connectivity index is 2.13. The molecule has 0 unspecified atom stereocenters. The van der Waals surface area contributed by atoms with Crippen LogP contribution in [-0.2, 0) is 4.74 Å². The van der Waals surface area contributed by atoms with Gasteiger partial charge in [0, 0.05) is 30.6 Å². The summed E-state index contributed by atoms with van der Waals surface area (Å²) in [5.41, 5.74) is 6.77. The molecule has 0 spiro atoms. The molecule has 1 fully saturated rings. The van der Waals surface area contributed by atoms with E-state index in [0.717, 1.165) is 11.3 Å². The number of para-hydroxylation sites is 1. The Bertz CT molecular complexity index is 510. The number of ether oxygens (including phenoxy) is 2. The number of nitrogens with two attached hydrogens (primary N) is 1. The molecule has 1 aliphatic heterocycles. The second-order valence-corrected chi connectivity index (χ2v) is 6.40. The number of methoxy groups -OCH3 is 1. The maximum absolute atomic E-state index is 12.2. The molecule has 5 heteroatoms. The van der Waals surface area contributed by atoms with E-state index in [0.29, 0.717) is 13.1 Å². The number of likely N-dealkylation sites (tertiary alicyclic amines) is 1. The SMILES string of the molecule is COc1ccccc1[C@H]1CN(C(=O)OC(C)(C)C)C[C@@H]1N. The summed E-state index contributed by atoms with van der Waals surface area (Å²) < 4.78 is 10.8. The maximum Gasteiger partial charge on any atom is 0.410 e. The van der Waals surface area contributed by atoms with Crippen LogP contribution in [0.2, 0.25) is 0 Å². The van der Waals surface area contributed by atoms with E-state index in [1.165, 1.54) is 0 Å². The Hall–Kier alpha value is -1.75. The minimum Gasteiger partial charge on any atom is -0.496 e. The fraction of sp³-hybridized carbons (Fsp3) is 0.562. The van der Waals surface area contributed by atoms with Crippen molar-refractivity contribution in [2.75, 3.05) is 20.2 Å². The first-order valence-corrected chi connectivity index (χ1v) is 7.18. The van der Waals surface area contributed by atoms with E-state index in [-0.39, 0.29) is 18.1 Å². The van der Waals surface area contributed by atoms with E-state index in [9.17, 15) is 4.79 Å². The van der Waals surface area contributed by atoms with Crippen LogP contribution in [0.3, 0.4) is 0 Å². The lowest BCUT2D eigenvalue weighted by atomic mass is 9.94. The Morgan fingerprint density at radius 1 is 1.29 bits per heavy atom. The third kappa shape index (κ3) is 3.67. The van der Waals surface area contributed by atoms with Gasteiger partial charge < -0.3 is 20.1 Å². The number of carbonyl (C=O) groups excluding carboxylic acids is 1. The quantitative estimate of drug-likeness (QED) is 0.909. The highest BCUT2D eigenvalue weighted by molar-refractivity contribution is 5.69. The van der Waals surface area contributed by atoms with Crippen LogP contribution < -0.4 is 10.5 Å². The standard InChI is InChI=1S/C16H24N2O3/c1-16(2,3)21-15(19)18-9-12(13(17)10-18)11-7-5-6-8-14(11)20-4/h5-8,12-13H,9-10,17H2,1-4H3/t12-,13+/m1/s1. The smallest absolute Gasteiger partial charge is 0.410 e. The van der Waals surface area contributed by atoms with Crippen molar-refractivity contribution >= 4 is 6.09 Å². The Morgan fingerprint density at radius 2 is 1.95 bits per heavy atom. The van der Waals surface area contributed by atoms with Gasteiger partial charge in [0.1, 0.15) is 11.4 Å². The molecule has 2 N–H and O–H groups in total. The van der Waals surface area contributed by atoms with Crippen LogP contribution in [0.1, 0.15) is 32.3 Å². The second-order valence-electron chi connectivity index (χ2n) is 6.40. The van der Waals surface area contributed by atoms with Gasteiger partial charge in [-0.05, 0) is 26.8 Å². The highest BCUT2D eigenvalue weighted by atomic mass is 16.6. The lowest BCUT2D eigenvalue weighted by Crippen LogP contribution is -2.36. The molecule has 116 valence electrons. The molecule has 1 aromatic rings. The molecule has 1 saturated heterocycles. The van der Waals surface area contributed by atoms with Crippen molar-refractivity contribution in [1.82, 2.24) is 4.90 Å². The van der Waals surface area contributed by atoms with Gasteiger partial charge in [-0.2, -0.15) is 0 Å². The third-order valence-electron chi connectivity index (χ3n) is 3.56. The lowest BCUT2D eigenvalue weighted by Gasteiger charge is -2.24. The summed E-state index contributed by atoms with van der Waals surface area (Å²) in [4.78, 5) is 13.8. The van der Waals surface area contributed by atoms with Gasteiger partial charge in [-0.15, -0.1) is 0 Å². The first-order chi connectivity index (χ1) is 9.81. The van der Waals surface area contributed by atoms with Crippen molar-refractivity contribution in [3.63, 3.8) is 0 Å². The molecule has 2 atom stereocenters. The zero-order valence-corrected chi connectivity index (χ0v) is 13.1. The normalized spacial score (nSPS) is 22.2. The summed E-state index contributed by atoms with van der Waals surface area (Å²) in [5, 5.41) is 0. The first kappa shape index (κ1) is 15.6. The zero-order valence-electron chi connectivity index (χ0n) is 13.1. The predicted molar refractivity (Wildman–Crippen MR) is 81.5 cm³/mol. The summed E-state index contributed by atoms with van der Waals surface area (Å²) in [7, 11) is 1.64. The topological polar surface area (TPSA) is 64.8 Å². The van der Waals surface area contributed by atoms with E-state index in [1.54, 1.807) is 12.0 Å². The van der Waals surface area contributed by atoms with E-state index in [1.807, 2.05) is 45.0 Å². The molecule has 0 aromatic heterocycles. The Kier molecular flexibility index (Phi) is 4.42. The van der Waals surface area contributed by atoms with E-state index < -0.39 is 5.60 Å². The predicted octanol–water partition coefficient (Wildman–Crippen LogP) is 2.36. The van der Waals surface area contributed by atoms with Crippen LogP contribution in [0.5, 0.6) is 5.75 Å². The molecule has 5 nitrogen and oxygen atoms in total. The van der Waals surface area contributed by atoms with E-state index in [4.69, 9.17) is 15.2 Å². The minimum atomic E-state index is -0.496. The lowest BCUT2D eigenvalue weighted by molar-refractivity contribution is 0.0290. The van der Waals surface area contributed by atoms with Crippen molar-refractivity contribution < 1.29 is 14.3 Å². The molecular weight excluding hydrogens is 268 g/mol. The molecular formula is C16H24N2O3. The fourth-order valence-electron chi connectivity index (χ4n) is 2.61. The number of carbonyl (C=O) groups is 1. The number of hydrogen-bond acceptors (Lipinski definition) is 4. The molecule has 1 aliphatic rings. The van der Waals surface area contributed by atoms with Gasteiger partial charge in [0.05, 0.1) is 7.11 Å². The maximum atomic E-state index is 12.2. The van der Waals surface area contributed by atoms with Crippen LogP contribution in [-0.4, -0.2) is 42.8 Å². The Labute approximate surface area is 126 Å². The van der Waals surface area contributed by atoms with Crippen molar-refractivity contribution in [1.29, 1.82) is 0 Å². The van der Waals surface area contributed by atoms with Gasteiger partial charge in [-0.25, -0.2) is 4.79 Å². The zero-order chi connectivity index (χ0) is 15.6. The largest absolute Gasteiger partial charge is 0.496 e. The highest BCUT2D eigenvalue weighted by Crippen LogP contribution is 2.33. The average molecular weight is 292 g/mol. The molecule has 0 radical (unpaired) electrons. The fourth-order valence-corrected chi connectivity index (χ4v) is 2.61. The van der Waals surface area contributed by atoms with Gasteiger partial charge >= 0.3 is 6.09 Å². The van der Waals surface area contributed by atoms with Crippen molar-refractivity contribution in [2.24, 2.45) is 5.73 Å². The molecule has 1 aromatic carbocycles. The summed E-state index contributed by atoms with van der Waals surface area (Å²) in [6, 6.07) is 7.68. The summed E-state index contributed by atoms with van der Waals surface area (Å²) in [6.45, 7) is 6.63.